The average Bonchev–Trinajstić information content (AvgIpc) is 3.26. The van der Waals surface area contributed by atoms with Crippen LogP contribution in [0.2, 0.25) is 0 Å². The third kappa shape index (κ3) is 7.83. The Balaban J connectivity index is 0.00000240. The van der Waals surface area contributed by atoms with Crippen molar-refractivity contribution in [2.24, 2.45) is 5.73 Å². The number of hydrogen-bond donors (Lipinski definition) is 2. The highest BCUT2D eigenvalue weighted by atomic mass is 35.5. The molecule has 2 unspecified atom stereocenters. The molecule has 0 aliphatic heterocycles. The van der Waals surface area contributed by atoms with Gasteiger partial charge in [-0.2, -0.15) is 0 Å². The Kier molecular flexibility index (Phi) is 13.5. The van der Waals surface area contributed by atoms with Crippen molar-refractivity contribution in [3.8, 4) is 11.5 Å². The molecule has 2 atom stereocenters. The number of benzene rings is 1. The Hall–Kier alpha value is -0.980. The van der Waals surface area contributed by atoms with Gasteiger partial charge in [-0.1, -0.05) is 31.4 Å². The molecular formula is C24H38Cl2N2O2S. The van der Waals surface area contributed by atoms with Crippen molar-refractivity contribution in [1.82, 2.24) is 5.32 Å². The zero-order chi connectivity index (χ0) is 20.5. The van der Waals surface area contributed by atoms with Crippen LogP contribution in [0, 0.1) is 0 Å². The van der Waals surface area contributed by atoms with Gasteiger partial charge in [0.2, 0.25) is 0 Å². The number of hydrogen-bond acceptors (Lipinski definition) is 5. The van der Waals surface area contributed by atoms with Crippen molar-refractivity contribution in [2.45, 2.75) is 63.3 Å². The predicted molar refractivity (Wildman–Crippen MR) is 137 cm³/mol. The van der Waals surface area contributed by atoms with Gasteiger partial charge < -0.3 is 20.5 Å². The van der Waals surface area contributed by atoms with E-state index in [0.29, 0.717) is 5.92 Å². The van der Waals surface area contributed by atoms with Gasteiger partial charge in [-0.25, -0.2) is 0 Å². The molecule has 7 heteroatoms. The number of rotatable bonds is 12. The van der Waals surface area contributed by atoms with Crippen LogP contribution in [-0.2, 0) is 12.8 Å². The molecule has 4 nitrogen and oxygen atoms in total. The van der Waals surface area contributed by atoms with Crippen molar-refractivity contribution >= 4 is 36.2 Å². The summed E-state index contributed by atoms with van der Waals surface area (Å²) in [6, 6.07) is 8.83. The van der Waals surface area contributed by atoms with Gasteiger partial charge in [0.1, 0.15) is 0 Å². The first-order valence-corrected chi connectivity index (χ1v) is 11.8. The smallest absolute Gasteiger partial charge is 0.164 e. The van der Waals surface area contributed by atoms with E-state index < -0.39 is 0 Å². The van der Waals surface area contributed by atoms with E-state index in [1.165, 1.54) is 41.7 Å². The minimum atomic E-state index is 0. The second-order valence-corrected chi connectivity index (χ2v) is 8.99. The zero-order valence-corrected chi connectivity index (χ0v) is 21.2. The van der Waals surface area contributed by atoms with Gasteiger partial charge in [-0.15, -0.1) is 36.2 Å². The first-order valence-electron chi connectivity index (χ1n) is 11.0. The number of thiophene rings is 1. The van der Waals surface area contributed by atoms with Crippen molar-refractivity contribution in [1.29, 1.82) is 0 Å². The van der Waals surface area contributed by atoms with Crippen LogP contribution in [-0.4, -0.2) is 33.4 Å². The van der Waals surface area contributed by atoms with E-state index in [2.05, 4.69) is 28.9 Å². The number of unbranched alkanes of at least 4 members (excludes halogenated alkanes) is 3. The monoisotopic (exact) mass is 488 g/mol. The topological polar surface area (TPSA) is 56.5 Å². The normalized spacial score (nSPS) is 17.3. The summed E-state index contributed by atoms with van der Waals surface area (Å²) in [7, 11) is 3.43. The largest absolute Gasteiger partial charge is 0.493 e. The molecule has 3 N–H and O–H groups in total. The van der Waals surface area contributed by atoms with Crippen LogP contribution in [0.3, 0.4) is 0 Å². The van der Waals surface area contributed by atoms with Crippen LogP contribution in [0.15, 0.2) is 29.6 Å². The van der Waals surface area contributed by atoms with Crippen LogP contribution < -0.4 is 20.5 Å². The summed E-state index contributed by atoms with van der Waals surface area (Å²) in [4.78, 5) is 1.47. The first kappa shape index (κ1) is 28.1. The van der Waals surface area contributed by atoms with Gasteiger partial charge in [0.05, 0.1) is 14.2 Å². The fraction of sp³-hybridized carbons (Fsp3) is 0.583. The van der Waals surface area contributed by atoms with E-state index in [4.69, 9.17) is 15.2 Å². The van der Waals surface area contributed by atoms with Crippen molar-refractivity contribution < 1.29 is 9.47 Å². The molecule has 176 valence electrons. The van der Waals surface area contributed by atoms with E-state index in [-0.39, 0.29) is 30.9 Å². The summed E-state index contributed by atoms with van der Waals surface area (Å²) >= 11 is 1.85. The van der Waals surface area contributed by atoms with Gasteiger partial charge in [-0.05, 0) is 74.2 Å². The lowest BCUT2D eigenvalue weighted by molar-refractivity contribution is 0.343. The second-order valence-electron chi connectivity index (χ2n) is 7.96. The minimum absolute atomic E-state index is 0. The number of fused-ring (bicyclic) bond motifs is 1. The molecule has 0 bridgehead atoms. The molecule has 0 saturated carbocycles. The first-order chi connectivity index (χ1) is 14.2. The molecule has 2 aromatic rings. The lowest BCUT2D eigenvalue weighted by Gasteiger charge is -2.32. The number of nitrogens with two attached hydrogens (primary N) is 1. The van der Waals surface area contributed by atoms with Gasteiger partial charge in [0, 0.05) is 16.5 Å². The molecule has 1 aliphatic carbocycles. The Morgan fingerprint density at radius 1 is 1.03 bits per heavy atom. The molecule has 0 saturated heterocycles. The number of nitrogens with one attached hydrogen (secondary N) is 1. The van der Waals surface area contributed by atoms with Crippen LogP contribution in [0.1, 0.15) is 60.4 Å². The zero-order valence-electron chi connectivity index (χ0n) is 18.7. The van der Waals surface area contributed by atoms with E-state index >= 15 is 0 Å². The van der Waals surface area contributed by atoms with E-state index in [9.17, 15) is 0 Å². The molecule has 0 spiro atoms. The maximum Gasteiger partial charge on any atom is 0.164 e. The Morgan fingerprint density at radius 3 is 2.55 bits per heavy atom. The quantitative estimate of drug-likeness (QED) is 0.373. The van der Waals surface area contributed by atoms with E-state index in [1.807, 2.05) is 17.4 Å². The molecule has 0 amide bonds. The molecule has 1 aromatic carbocycles. The standard InChI is InChI=1S/C24H36N2O2S.2ClH/c1-27-23-13-11-19-20(22(25)12-10-21(19)24(23)28-2)9-5-3-4-6-15-26-16-14-18-8-7-17-29-18;;/h7-8,11,13,17,20,22,26H,3-6,9-10,12,14-16,25H2,1-2H3;2*1H. The molecule has 1 aromatic heterocycles. The highest BCUT2D eigenvalue weighted by Crippen LogP contribution is 2.43. The van der Waals surface area contributed by atoms with Gasteiger partial charge in [-0.3, -0.25) is 0 Å². The predicted octanol–water partition coefficient (Wildman–Crippen LogP) is 5.75. The highest BCUT2D eigenvalue weighted by Gasteiger charge is 2.29. The van der Waals surface area contributed by atoms with Crippen LogP contribution in [0.25, 0.3) is 0 Å². The van der Waals surface area contributed by atoms with Gasteiger partial charge in [0.25, 0.3) is 0 Å². The van der Waals surface area contributed by atoms with E-state index in [0.717, 1.165) is 50.3 Å². The number of halogens is 2. The Labute approximate surface area is 204 Å². The highest BCUT2D eigenvalue weighted by molar-refractivity contribution is 7.09. The molecular weight excluding hydrogens is 451 g/mol. The molecule has 0 fully saturated rings. The van der Waals surface area contributed by atoms with Crippen molar-refractivity contribution in [3.63, 3.8) is 0 Å². The van der Waals surface area contributed by atoms with Crippen molar-refractivity contribution in [2.75, 3.05) is 27.3 Å². The maximum atomic E-state index is 6.51. The molecule has 1 aliphatic rings. The van der Waals surface area contributed by atoms with Crippen LogP contribution in [0.4, 0.5) is 0 Å². The van der Waals surface area contributed by atoms with Crippen LogP contribution in [0.5, 0.6) is 11.5 Å². The lowest BCUT2D eigenvalue weighted by Crippen LogP contribution is -2.33. The fourth-order valence-corrected chi connectivity index (χ4v) is 5.19. The summed E-state index contributed by atoms with van der Waals surface area (Å²) in [6.45, 7) is 2.20. The summed E-state index contributed by atoms with van der Waals surface area (Å²) < 4.78 is 11.1. The number of methoxy groups -OCH3 is 2. The van der Waals surface area contributed by atoms with Gasteiger partial charge >= 0.3 is 0 Å². The minimum Gasteiger partial charge on any atom is -0.493 e. The molecule has 3 rings (SSSR count). The third-order valence-electron chi connectivity index (χ3n) is 6.08. The van der Waals surface area contributed by atoms with Gasteiger partial charge in [0.15, 0.2) is 11.5 Å². The summed E-state index contributed by atoms with van der Waals surface area (Å²) in [6.07, 6.45) is 9.36. The third-order valence-corrected chi connectivity index (χ3v) is 7.01. The molecule has 1 heterocycles. The lowest BCUT2D eigenvalue weighted by atomic mass is 9.76. The van der Waals surface area contributed by atoms with Crippen molar-refractivity contribution in [3.05, 3.63) is 45.6 Å². The maximum absolute atomic E-state index is 6.51. The summed E-state index contributed by atoms with van der Waals surface area (Å²) in [5, 5.41) is 5.72. The van der Waals surface area contributed by atoms with Crippen LogP contribution >= 0.6 is 36.2 Å². The summed E-state index contributed by atoms with van der Waals surface area (Å²) in [5.74, 6) is 2.16. The number of ether oxygens (including phenoxy) is 2. The summed E-state index contributed by atoms with van der Waals surface area (Å²) in [5.41, 5.74) is 9.18. The SMILES string of the molecule is COc1ccc2c(c1OC)CCC(N)C2CCCCCCNCCc1cccs1.Cl.Cl. The second kappa shape index (κ2) is 15.0. The molecule has 0 radical (unpaired) electrons. The Bertz CT molecular complexity index is 743. The average molecular weight is 490 g/mol. The van der Waals surface area contributed by atoms with E-state index in [1.54, 1.807) is 14.2 Å². The fourth-order valence-electron chi connectivity index (χ4n) is 4.48. The molecule has 31 heavy (non-hydrogen) atoms. The Morgan fingerprint density at radius 2 is 1.84 bits per heavy atom.